The third-order valence-electron chi connectivity index (χ3n) is 4.58. The second kappa shape index (κ2) is 8.27. The average molecular weight is 425 g/mol. The maximum absolute atomic E-state index is 13.0. The predicted octanol–water partition coefficient (Wildman–Crippen LogP) is 2.98. The van der Waals surface area contributed by atoms with Crippen molar-refractivity contribution in [2.24, 2.45) is 0 Å². The van der Waals surface area contributed by atoms with Gasteiger partial charge in [0.1, 0.15) is 5.57 Å². The average Bonchev–Trinajstić information content (AvgIpc) is 2.68. The molecule has 160 valence electrons. The number of rotatable bonds is 5. The quantitative estimate of drug-likeness (QED) is 0.325. The number of barbiturate groups is 1. The number of phenolic OH excluding ortho intramolecular Hbond substituents is 1. The molecule has 2 aromatic carbocycles. The van der Waals surface area contributed by atoms with E-state index >= 15 is 0 Å². The Morgan fingerprint density at radius 2 is 1.90 bits per heavy atom. The molecule has 0 aromatic heterocycles. The number of anilines is 1. The molecule has 0 bridgehead atoms. The highest BCUT2D eigenvalue weighted by atomic mass is 16.6. The van der Waals surface area contributed by atoms with Gasteiger partial charge in [-0.15, -0.1) is 0 Å². The minimum Gasteiger partial charge on any atom is -0.500 e. The van der Waals surface area contributed by atoms with E-state index in [-0.39, 0.29) is 17.9 Å². The maximum Gasteiger partial charge on any atom is 0.335 e. The number of carbonyl (C=O) groups excluding carboxylic acids is 3. The third-order valence-corrected chi connectivity index (χ3v) is 4.58. The summed E-state index contributed by atoms with van der Waals surface area (Å²) < 4.78 is 5.21. The Morgan fingerprint density at radius 1 is 1.19 bits per heavy atom. The van der Waals surface area contributed by atoms with Gasteiger partial charge >= 0.3 is 11.7 Å². The number of aromatic hydroxyl groups is 1. The number of aryl methyl sites for hydroxylation is 2. The van der Waals surface area contributed by atoms with Crippen molar-refractivity contribution in [3.05, 3.63) is 62.7 Å². The molecule has 10 heteroatoms. The Labute approximate surface area is 176 Å². The van der Waals surface area contributed by atoms with Gasteiger partial charge in [-0.05, 0) is 50.1 Å². The van der Waals surface area contributed by atoms with Crippen LogP contribution in [0.15, 0.2) is 35.9 Å². The van der Waals surface area contributed by atoms with Gasteiger partial charge in [-0.3, -0.25) is 25.0 Å². The molecular formula is C21H19N3O7. The summed E-state index contributed by atoms with van der Waals surface area (Å²) in [5, 5.41) is 23.4. The van der Waals surface area contributed by atoms with Gasteiger partial charge in [-0.25, -0.2) is 9.69 Å². The summed E-state index contributed by atoms with van der Waals surface area (Å²) in [6.07, 6.45) is 1.11. The molecule has 31 heavy (non-hydrogen) atoms. The number of hydrogen-bond donors (Lipinski definition) is 2. The summed E-state index contributed by atoms with van der Waals surface area (Å²) in [7, 11) is 0. The van der Waals surface area contributed by atoms with Gasteiger partial charge in [-0.1, -0.05) is 17.7 Å². The molecule has 0 atom stereocenters. The van der Waals surface area contributed by atoms with E-state index in [0.29, 0.717) is 11.3 Å². The van der Waals surface area contributed by atoms with Crippen molar-refractivity contribution in [3.8, 4) is 11.5 Å². The molecule has 0 aliphatic carbocycles. The Morgan fingerprint density at radius 3 is 2.52 bits per heavy atom. The van der Waals surface area contributed by atoms with Gasteiger partial charge in [-0.2, -0.15) is 0 Å². The zero-order valence-electron chi connectivity index (χ0n) is 17.0. The largest absolute Gasteiger partial charge is 0.500 e. The smallest absolute Gasteiger partial charge is 0.335 e. The van der Waals surface area contributed by atoms with Crippen molar-refractivity contribution in [1.82, 2.24) is 5.32 Å². The molecule has 10 nitrogen and oxygen atoms in total. The van der Waals surface area contributed by atoms with Crippen LogP contribution >= 0.6 is 0 Å². The lowest BCUT2D eigenvalue weighted by atomic mass is 10.0. The first-order valence-corrected chi connectivity index (χ1v) is 9.27. The van der Waals surface area contributed by atoms with E-state index in [2.05, 4.69) is 5.32 Å². The van der Waals surface area contributed by atoms with Crippen LogP contribution in [-0.4, -0.2) is 34.5 Å². The van der Waals surface area contributed by atoms with E-state index in [1.54, 1.807) is 32.0 Å². The fraction of sp³-hybridized carbons (Fsp3) is 0.190. The molecule has 0 unspecified atom stereocenters. The molecule has 1 saturated heterocycles. The number of carbonyl (C=O) groups is 3. The fourth-order valence-electron chi connectivity index (χ4n) is 3.20. The number of ether oxygens (including phenoxy) is 1. The standard InChI is InChI=1S/C21H19N3O7/c1-4-31-17-10-13(9-16(18(17)25)24(29)30)8-14-19(26)22-21(28)23(20(14)27)15-6-5-11(2)7-12(15)3/h5-10,25H,4H2,1-3H3,(H,22,26,28)/b14-8+. The first kappa shape index (κ1) is 21.5. The van der Waals surface area contributed by atoms with E-state index in [1.807, 2.05) is 6.92 Å². The summed E-state index contributed by atoms with van der Waals surface area (Å²) >= 11 is 0. The van der Waals surface area contributed by atoms with E-state index in [4.69, 9.17) is 4.74 Å². The predicted molar refractivity (Wildman–Crippen MR) is 111 cm³/mol. The van der Waals surface area contributed by atoms with E-state index in [9.17, 15) is 29.6 Å². The zero-order chi connectivity index (χ0) is 22.9. The highest BCUT2D eigenvalue weighted by Crippen LogP contribution is 2.38. The summed E-state index contributed by atoms with van der Waals surface area (Å²) in [5.74, 6) is -2.66. The van der Waals surface area contributed by atoms with Crippen LogP contribution < -0.4 is 15.0 Å². The molecule has 1 aliphatic heterocycles. The number of amides is 4. The van der Waals surface area contributed by atoms with Crippen molar-refractivity contribution in [2.75, 3.05) is 11.5 Å². The van der Waals surface area contributed by atoms with Crippen molar-refractivity contribution in [2.45, 2.75) is 20.8 Å². The van der Waals surface area contributed by atoms with Crippen LogP contribution in [0.3, 0.4) is 0 Å². The lowest BCUT2D eigenvalue weighted by Gasteiger charge is -2.27. The highest BCUT2D eigenvalue weighted by molar-refractivity contribution is 6.39. The number of nitro groups is 1. The molecule has 1 heterocycles. The molecule has 0 spiro atoms. The highest BCUT2D eigenvalue weighted by Gasteiger charge is 2.37. The molecule has 1 aliphatic rings. The number of hydrogen-bond acceptors (Lipinski definition) is 7. The lowest BCUT2D eigenvalue weighted by Crippen LogP contribution is -2.54. The van der Waals surface area contributed by atoms with E-state index in [1.165, 1.54) is 6.07 Å². The van der Waals surface area contributed by atoms with Gasteiger partial charge in [0, 0.05) is 6.07 Å². The van der Waals surface area contributed by atoms with Gasteiger partial charge in [0.2, 0.25) is 5.75 Å². The first-order valence-electron chi connectivity index (χ1n) is 9.27. The van der Waals surface area contributed by atoms with Crippen LogP contribution in [0.4, 0.5) is 16.2 Å². The third kappa shape index (κ3) is 4.08. The molecule has 2 N–H and O–H groups in total. The number of phenols is 1. The van der Waals surface area contributed by atoms with Gasteiger partial charge < -0.3 is 9.84 Å². The van der Waals surface area contributed by atoms with E-state index < -0.39 is 39.8 Å². The van der Waals surface area contributed by atoms with Crippen LogP contribution in [0.2, 0.25) is 0 Å². The molecule has 1 fully saturated rings. The zero-order valence-corrected chi connectivity index (χ0v) is 17.0. The molecule has 0 saturated carbocycles. The van der Waals surface area contributed by atoms with Crippen LogP contribution in [-0.2, 0) is 9.59 Å². The Kier molecular flexibility index (Phi) is 5.73. The number of imide groups is 2. The Hall–Kier alpha value is -4.21. The summed E-state index contributed by atoms with van der Waals surface area (Å²) in [4.78, 5) is 49.1. The van der Waals surface area contributed by atoms with Crippen LogP contribution in [0.5, 0.6) is 11.5 Å². The number of nitro benzene ring substituents is 1. The SMILES string of the molecule is CCOc1cc(/C=C2\C(=O)NC(=O)N(c3ccc(C)cc3C)C2=O)cc([N+](=O)[O-])c1O. The molecular weight excluding hydrogens is 406 g/mol. The van der Waals surface area contributed by atoms with E-state index in [0.717, 1.165) is 22.6 Å². The molecule has 0 radical (unpaired) electrons. The molecule has 2 aromatic rings. The van der Waals surface area contributed by atoms with Gasteiger partial charge in [0.25, 0.3) is 11.8 Å². The first-order chi connectivity index (χ1) is 14.6. The van der Waals surface area contributed by atoms with Gasteiger partial charge in [0.15, 0.2) is 5.75 Å². The summed E-state index contributed by atoms with van der Waals surface area (Å²) in [5.41, 5.74) is 0.902. The Balaban J connectivity index is 2.11. The van der Waals surface area contributed by atoms with Crippen LogP contribution in [0.1, 0.15) is 23.6 Å². The number of nitrogens with zero attached hydrogens (tertiary/aromatic N) is 2. The normalized spacial score (nSPS) is 15.3. The minimum atomic E-state index is -0.940. The summed E-state index contributed by atoms with van der Waals surface area (Å²) in [6, 6.07) is 6.47. The van der Waals surface area contributed by atoms with Crippen LogP contribution in [0, 0.1) is 24.0 Å². The monoisotopic (exact) mass is 425 g/mol. The maximum atomic E-state index is 13.0. The van der Waals surface area contributed by atoms with Crippen molar-refractivity contribution in [3.63, 3.8) is 0 Å². The minimum absolute atomic E-state index is 0.0707. The fourth-order valence-corrected chi connectivity index (χ4v) is 3.20. The number of urea groups is 1. The number of benzene rings is 2. The lowest BCUT2D eigenvalue weighted by molar-refractivity contribution is -0.386. The number of nitrogens with one attached hydrogen (secondary N) is 1. The molecule has 4 amide bonds. The second-order valence-corrected chi connectivity index (χ2v) is 6.82. The Bertz CT molecular complexity index is 1150. The van der Waals surface area contributed by atoms with Gasteiger partial charge in [0.05, 0.1) is 17.2 Å². The topological polar surface area (TPSA) is 139 Å². The van der Waals surface area contributed by atoms with Crippen molar-refractivity contribution in [1.29, 1.82) is 0 Å². The van der Waals surface area contributed by atoms with Crippen molar-refractivity contribution >= 4 is 35.3 Å². The van der Waals surface area contributed by atoms with Crippen molar-refractivity contribution < 1.29 is 29.2 Å². The summed E-state index contributed by atoms with van der Waals surface area (Å²) in [6.45, 7) is 5.33. The van der Waals surface area contributed by atoms with Crippen LogP contribution in [0.25, 0.3) is 6.08 Å². The molecule has 3 rings (SSSR count). The second-order valence-electron chi connectivity index (χ2n) is 6.82.